The van der Waals surface area contributed by atoms with Gasteiger partial charge in [-0.3, -0.25) is 0 Å². The Hall–Kier alpha value is -2.36. The lowest BCUT2D eigenvalue weighted by molar-refractivity contribution is 0.0989. The molecule has 3 aliphatic carbocycles. The summed E-state index contributed by atoms with van der Waals surface area (Å²) in [6.07, 6.45) is 13.7. The quantitative estimate of drug-likeness (QED) is 0.415. The fraction of sp³-hybridized carbons (Fsp3) is 0.600. The van der Waals surface area contributed by atoms with Gasteiger partial charge in [0, 0.05) is 30.1 Å². The molecule has 4 nitrogen and oxygen atoms in total. The summed E-state index contributed by atoms with van der Waals surface area (Å²) in [5.41, 5.74) is 6.43. The molecule has 0 amide bonds. The molecule has 3 saturated carbocycles. The minimum atomic E-state index is 0.236. The maximum absolute atomic E-state index is 4.76. The Balaban J connectivity index is 1.28. The molecule has 6 rings (SSSR count). The average molecular weight is 459 g/mol. The summed E-state index contributed by atoms with van der Waals surface area (Å²) in [6, 6.07) is 9.36. The SMILES string of the molecule is CC(C)(C)Cc1ncc(-c2ccc(C34CCC(c5cnc(CC(C)(C)C)[nH]5)(CC3)CC4)cc2)[nH]1. The van der Waals surface area contributed by atoms with Gasteiger partial charge in [-0.15, -0.1) is 0 Å². The van der Waals surface area contributed by atoms with Crippen LogP contribution in [0.15, 0.2) is 36.7 Å². The first-order valence-corrected chi connectivity index (χ1v) is 13.1. The second kappa shape index (κ2) is 8.10. The molecule has 1 aromatic carbocycles. The molecule has 2 N–H and O–H groups in total. The van der Waals surface area contributed by atoms with Crippen molar-refractivity contribution in [2.75, 3.05) is 0 Å². The van der Waals surface area contributed by atoms with Gasteiger partial charge in [-0.25, -0.2) is 9.97 Å². The average Bonchev–Trinajstić information content (AvgIpc) is 3.43. The van der Waals surface area contributed by atoms with Crippen molar-refractivity contribution in [3.8, 4) is 11.3 Å². The Bertz CT molecular complexity index is 1110. The highest BCUT2D eigenvalue weighted by atomic mass is 14.9. The van der Waals surface area contributed by atoms with Crippen molar-refractivity contribution in [1.82, 2.24) is 19.9 Å². The molecule has 34 heavy (non-hydrogen) atoms. The summed E-state index contributed by atoms with van der Waals surface area (Å²) in [5, 5.41) is 0. The van der Waals surface area contributed by atoms with Crippen LogP contribution in [0.4, 0.5) is 0 Å². The molecule has 3 fully saturated rings. The third-order valence-electron chi connectivity index (χ3n) is 8.28. The molecule has 2 heterocycles. The fourth-order valence-corrected chi connectivity index (χ4v) is 6.35. The molecule has 3 aliphatic rings. The first-order chi connectivity index (χ1) is 16.0. The van der Waals surface area contributed by atoms with Gasteiger partial charge < -0.3 is 9.97 Å². The van der Waals surface area contributed by atoms with Crippen LogP contribution < -0.4 is 0 Å². The molecule has 0 spiro atoms. The van der Waals surface area contributed by atoms with E-state index in [9.17, 15) is 0 Å². The third kappa shape index (κ3) is 4.61. The predicted molar refractivity (Wildman–Crippen MR) is 140 cm³/mol. The smallest absolute Gasteiger partial charge is 0.107 e. The number of nitrogens with one attached hydrogen (secondary N) is 2. The maximum Gasteiger partial charge on any atom is 0.107 e. The molecule has 0 aliphatic heterocycles. The number of nitrogens with zero attached hydrogens (tertiary/aromatic N) is 2. The fourth-order valence-electron chi connectivity index (χ4n) is 6.35. The normalized spacial score (nSPS) is 25.1. The van der Waals surface area contributed by atoms with Crippen LogP contribution in [0.5, 0.6) is 0 Å². The number of hydrogen-bond donors (Lipinski definition) is 2. The van der Waals surface area contributed by atoms with Crippen LogP contribution in [-0.4, -0.2) is 19.9 Å². The second-order valence-electron chi connectivity index (χ2n) is 13.6. The molecule has 0 unspecified atom stereocenters. The van der Waals surface area contributed by atoms with E-state index < -0.39 is 0 Å². The summed E-state index contributed by atoms with van der Waals surface area (Å²) in [4.78, 5) is 16.6. The van der Waals surface area contributed by atoms with Gasteiger partial charge in [0.1, 0.15) is 11.6 Å². The van der Waals surface area contributed by atoms with Crippen LogP contribution in [-0.2, 0) is 23.7 Å². The molecule has 0 saturated heterocycles. The zero-order valence-electron chi connectivity index (χ0n) is 22.0. The van der Waals surface area contributed by atoms with Crippen LogP contribution in [0.1, 0.15) is 103 Å². The number of rotatable bonds is 5. The molecule has 4 heteroatoms. The number of benzene rings is 1. The van der Waals surface area contributed by atoms with Gasteiger partial charge >= 0.3 is 0 Å². The van der Waals surface area contributed by atoms with Crippen LogP contribution in [0.2, 0.25) is 0 Å². The molecule has 2 aromatic heterocycles. The van der Waals surface area contributed by atoms with E-state index in [2.05, 4.69) is 87.0 Å². The zero-order chi connectivity index (χ0) is 24.2. The van der Waals surface area contributed by atoms with Crippen LogP contribution in [0.25, 0.3) is 11.3 Å². The lowest BCUT2D eigenvalue weighted by atomic mass is 9.51. The van der Waals surface area contributed by atoms with Crippen molar-refractivity contribution < 1.29 is 0 Å². The predicted octanol–water partition coefficient (Wildman–Crippen LogP) is 7.52. The summed E-state index contributed by atoms with van der Waals surface area (Å²) in [5.74, 6) is 2.23. The van der Waals surface area contributed by atoms with E-state index in [-0.39, 0.29) is 10.8 Å². The van der Waals surface area contributed by atoms with E-state index in [0.29, 0.717) is 10.8 Å². The van der Waals surface area contributed by atoms with E-state index in [1.165, 1.54) is 55.3 Å². The number of fused-ring (bicyclic) bond motifs is 3. The standard InChI is InChI=1S/C30H42N4/c1-27(2,3)17-25-31-19-23(33-25)21-7-9-22(10-8-21)29-11-14-30(15-12-29,16-13-29)24-20-32-26(34-24)18-28(4,5)6/h7-10,19-20H,11-18H2,1-6H3,(H,31,33)(H,32,34). The lowest BCUT2D eigenvalue weighted by Crippen LogP contribution is -2.46. The van der Waals surface area contributed by atoms with Crippen molar-refractivity contribution in [3.63, 3.8) is 0 Å². The largest absolute Gasteiger partial charge is 0.345 e. The zero-order valence-corrected chi connectivity index (χ0v) is 22.0. The van der Waals surface area contributed by atoms with E-state index in [0.717, 1.165) is 30.2 Å². The first-order valence-electron chi connectivity index (χ1n) is 13.1. The molecule has 182 valence electrons. The van der Waals surface area contributed by atoms with Crippen LogP contribution >= 0.6 is 0 Å². The number of H-pyrrole nitrogens is 2. The van der Waals surface area contributed by atoms with Gasteiger partial charge in [-0.1, -0.05) is 65.8 Å². The van der Waals surface area contributed by atoms with Crippen molar-refractivity contribution in [2.24, 2.45) is 10.8 Å². The van der Waals surface area contributed by atoms with Gasteiger partial charge in [0.2, 0.25) is 0 Å². The molecular weight excluding hydrogens is 416 g/mol. The lowest BCUT2D eigenvalue weighted by Gasteiger charge is -2.53. The van der Waals surface area contributed by atoms with Crippen molar-refractivity contribution >= 4 is 0 Å². The Morgan fingerprint density at radius 1 is 0.676 bits per heavy atom. The maximum atomic E-state index is 4.76. The highest BCUT2D eigenvalue weighted by molar-refractivity contribution is 5.59. The Morgan fingerprint density at radius 2 is 1.18 bits per heavy atom. The van der Waals surface area contributed by atoms with Crippen molar-refractivity contribution in [2.45, 2.75) is 104 Å². The van der Waals surface area contributed by atoms with E-state index in [4.69, 9.17) is 4.98 Å². The number of aromatic nitrogens is 4. The van der Waals surface area contributed by atoms with Crippen LogP contribution in [0.3, 0.4) is 0 Å². The monoisotopic (exact) mass is 458 g/mol. The Kier molecular flexibility index (Phi) is 5.57. The van der Waals surface area contributed by atoms with Gasteiger partial charge in [0.05, 0.1) is 11.9 Å². The molecule has 0 radical (unpaired) electrons. The third-order valence-corrected chi connectivity index (χ3v) is 8.28. The molecule has 2 bridgehead atoms. The van der Waals surface area contributed by atoms with Gasteiger partial charge in [-0.05, 0) is 65.9 Å². The summed E-state index contributed by atoms with van der Waals surface area (Å²) in [6.45, 7) is 13.6. The molecular formula is C30H42N4. The topological polar surface area (TPSA) is 57.4 Å². The minimum Gasteiger partial charge on any atom is -0.345 e. The van der Waals surface area contributed by atoms with E-state index in [1.54, 1.807) is 0 Å². The summed E-state index contributed by atoms with van der Waals surface area (Å²) >= 11 is 0. The van der Waals surface area contributed by atoms with Crippen molar-refractivity contribution in [1.29, 1.82) is 0 Å². The van der Waals surface area contributed by atoms with Crippen molar-refractivity contribution in [3.05, 3.63) is 59.6 Å². The van der Waals surface area contributed by atoms with E-state index >= 15 is 0 Å². The second-order valence-corrected chi connectivity index (χ2v) is 13.6. The van der Waals surface area contributed by atoms with Gasteiger partial charge in [-0.2, -0.15) is 0 Å². The number of aromatic amines is 2. The molecule has 0 atom stereocenters. The van der Waals surface area contributed by atoms with Gasteiger partial charge in [0.15, 0.2) is 0 Å². The van der Waals surface area contributed by atoms with Crippen LogP contribution in [0, 0.1) is 10.8 Å². The first kappa shape index (κ1) is 23.4. The Morgan fingerprint density at radius 3 is 1.74 bits per heavy atom. The summed E-state index contributed by atoms with van der Waals surface area (Å²) < 4.78 is 0. The summed E-state index contributed by atoms with van der Waals surface area (Å²) in [7, 11) is 0. The number of imidazole rings is 2. The number of hydrogen-bond acceptors (Lipinski definition) is 2. The van der Waals surface area contributed by atoms with E-state index in [1.807, 2.05) is 6.20 Å². The minimum absolute atomic E-state index is 0.236. The highest BCUT2D eigenvalue weighted by Gasteiger charge is 2.50. The molecule has 3 aromatic rings. The Labute approximate surface area is 205 Å². The van der Waals surface area contributed by atoms with Gasteiger partial charge in [0.25, 0.3) is 0 Å². The highest BCUT2D eigenvalue weighted by Crippen LogP contribution is 2.58.